The van der Waals surface area contributed by atoms with Gasteiger partial charge in [0.05, 0.1) is 11.0 Å². The van der Waals surface area contributed by atoms with Crippen molar-refractivity contribution in [1.29, 1.82) is 0 Å². The van der Waals surface area contributed by atoms with Gasteiger partial charge in [-0.3, -0.25) is 4.79 Å². The number of halogens is 4. The van der Waals surface area contributed by atoms with Crippen molar-refractivity contribution in [2.45, 2.75) is 43.7 Å². The molecule has 1 aromatic rings. The summed E-state index contributed by atoms with van der Waals surface area (Å²) in [6, 6.07) is 2.94. The number of carboxylic acids is 1. The van der Waals surface area contributed by atoms with Gasteiger partial charge in [-0.25, -0.2) is 4.39 Å². The fourth-order valence-electron chi connectivity index (χ4n) is 2.96. The molecule has 0 saturated heterocycles. The minimum atomic E-state index is -4.90. The summed E-state index contributed by atoms with van der Waals surface area (Å²) in [6.07, 6.45) is -2.85. The Hall–Kier alpha value is -1.59. The molecule has 0 bridgehead atoms. The van der Waals surface area contributed by atoms with Crippen molar-refractivity contribution >= 4 is 5.97 Å². The van der Waals surface area contributed by atoms with Crippen molar-refractivity contribution in [3.05, 3.63) is 35.1 Å². The minimum absolute atomic E-state index is 0.106. The van der Waals surface area contributed by atoms with Gasteiger partial charge in [0.25, 0.3) is 0 Å². The van der Waals surface area contributed by atoms with Crippen LogP contribution >= 0.6 is 0 Å². The van der Waals surface area contributed by atoms with Crippen molar-refractivity contribution in [2.75, 3.05) is 0 Å². The van der Waals surface area contributed by atoms with Gasteiger partial charge in [0.1, 0.15) is 5.82 Å². The zero-order chi connectivity index (χ0) is 15.0. The average Bonchev–Trinajstić information content (AvgIpc) is 2.37. The number of alkyl halides is 3. The molecule has 1 aliphatic carbocycles. The number of benzene rings is 1. The first-order valence-corrected chi connectivity index (χ1v) is 6.38. The third-order valence-electron chi connectivity index (χ3n) is 3.93. The summed E-state index contributed by atoms with van der Waals surface area (Å²) in [5.41, 5.74) is -3.52. The molecule has 2 rings (SSSR count). The molecule has 1 aliphatic rings. The highest BCUT2D eigenvalue weighted by Gasteiger charge is 2.48. The first-order valence-electron chi connectivity index (χ1n) is 6.38. The van der Waals surface area contributed by atoms with Gasteiger partial charge >= 0.3 is 12.1 Å². The molecule has 0 unspecified atom stereocenters. The van der Waals surface area contributed by atoms with Gasteiger partial charge in [-0.15, -0.1) is 0 Å². The second-order valence-electron chi connectivity index (χ2n) is 5.11. The smallest absolute Gasteiger partial charge is 0.419 e. The van der Waals surface area contributed by atoms with E-state index in [-0.39, 0.29) is 12.8 Å². The van der Waals surface area contributed by atoms with Crippen molar-refractivity contribution in [3.8, 4) is 0 Å². The first kappa shape index (κ1) is 14.8. The van der Waals surface area contributed by atoms with E-state index in [0.29, 0.717) is 18.9 Å². The summed E-state index contributed by atoms with van der Waals surface area (Å²) < 4.78 is 52.8. The van der Waals surface area contributed by atoms with Crippen molar-refractivity contribution in [3.63, 3.8) is 0 Å². The molecular weight excluding hydrogens is 276 g/mol. The highest BCUT2D eigenvalue weighted by Crippen LogP contribution is 2.45. The molecule has 1 saturated carbocycles. The predicted molar refractivity (Wildman–Crippen MR) is 63.8 cm³/mol. The van der Waals surface area contributed by atoms with E-state index in [1.807, 2.05) is 0 Å². The van der Waals surface area contributed by atoms with Crippen LogP contribution in [0.15, 0.2) is 18.2 Å². The molecular formula is C14H14F4O2. The highest BCUT2D eigenvalue weighted by molar-refractivity contribution is 5.82. The first-order chi connectivity index (χ1) is 9.29. The Kier molecular flexibility index (Phi) is 3.75. The highest BCUT2D eigenvalue weighted by atomic mass is 19.4. The molecule has 6 heteroatoms. The summed E-state index contributed by atoms with van der Waals surface area (Å²) in [7, 11) is 0. The Morgan fingerprint density at radius 1 is 1.15 bits per heavy atom. The lowest BCUT2D eigenvalue weighted by molar-refractivity contribution is -0.148. The van der Waals surface area contributed by atoms with E-state index in [9.17, 15) is 27.5 Å². The van der Waals surface area contributed by atoms with Crippen molar-refractivity contribution in [1.82, 2.24) is 0 Å². The van der Waals surface area contributed by atoms with Crippen LogP contribution in [0.1, 0.15) is 43.2 Å². The monoisotopic (exact) mass is 290 g/mol. The summed E-state index contributed by atoms with van der Waals surface area (Å²) in [5.74, 6) is -2.73. The molecule has 20 heavy (non-hydrogen) atoms. The van der Waals surface area contributed by atoms with Crippen LogP contribution in [-0.2, 0) is 16.4 Å². The lowest BCUT2D eigenvalue weighted by atomic mass is 9.68. The number of hydrogen-bond acceptors (Lipinski definition) is 1. The van der Waals surface area contributed by atoms with Crippen LogP contribution in [0.2, 0.25) is 0 Å². The zero-order valence-electron chi connectivity index (χ0n) is 10.6. The Morgan fingerprint density at radius 2 is 1.75 bits per heavy atom. The van der Waals surface area contributed by atoms with Crippen LogP contribution in [0, 0.1) is 5.82 Å². The fourth-order valence-corrected chi connectivity index (χ4v) is 2.96. The minimum Gasteiger partial charge on any atom is -0.481 e. The van der Waals surface area contributed by atoms with Gasteiger partial charge in [-0.1, -0.05) is 31.4 Å². The topological polar surface area (TPSA) is 37.3 Å². The second-order valence-corrected chi connectivity index (χ2v) is 5.11. The molecule has 0 atom stereocenters. The van der Waals surface area contributed by atoms with Gasteiger partial charge in [-0.2, -0.15) is 13.2 Å². The molecule has 1 N–H and O–H groups in total. The standard InChI is InChI=1S/C14H14F4O2/c15-10-6-4-5-9(11(10)14(16,17)18)13(12(19)20)7-2-1-3-8-13/h4-6H,1-3,7-8H2,(H,19,20). The van der Waals surface area contributed by atoms with E-state index in [1.54, 1.807) is 0 Å². The molecule has 1 aromatic carbocycles. The summed E-state index contributed by atoms with van der Waals surface area (Å²) >= 11 is 0. The van der Waals surface area contributed by atoms with E-state index >= 15 is 0 Å². The summed E-state index contributed by atoms with van der Waals surface area (Å²) in [6.45, 7) is 0. The second kappa shape index (κ2) is 5.07. The fraction of sp³-hybridized carbons (Fsp3) is 0.500. The van der Waals surface area contributed by atoms with E-state index in [0.717, 1.165) is 18.6 Å². The number of rotatable bonds is 2. The van der Waals surface area contributed by atoms with Crippen LogP contribution in [0.3, 0.4) is 0 Å². The van der Waals surface area contributed by atoms with Crippen LogP contribution in [0.4, 0.5) is 17.6 Å². The predicted octanol–water partition coefficient (Wildman–Crippen LogP) is 4.13. The van der Waals surface area contributed by atoms with Crippen LogP contribution < -0.4 is 0 Å². The molecule has 1 fully saturated rings. The lowest BCUT2D eigenvalue weighted by Gasteiger charge is -2.35. The van der Waals surface area contributed by atoms with E-state index in [1.165, 1.54) is 0 Å². The zero-order valence-corrected chi connectivity index (χ0v) is 10.6. The molecule has 2 nitrogen and oxygen atoms in total. The van der Waals surface area contributed by atoms with Crippen molar-refractivity contribution in [2.24, 2.45) is 0 Å². The van der Waals surface area contributed by atoms with E-state index in [2.05, 4.69) is 0 Å². The van der Waals surface area contributed by atoms with Gasteiger partial charge < -0.3 is 5.11 Å². The van der Waals surface area contributed by atoms with Crippen molar-refractivity contribution < 1.29 is 27.5 Å². The maximum atomic E-state index is 13.6. The molecule has 0 radical (unpaired) electrons. The molecule has 0 aromatic heterocycles. The lowest BCUT2D eigenvalue weighted by Crippen LogP contribution is -2.40. The van der Waals surface area contributed by atoms with Crippen LogP contribution in [0.25, 0.3) is 0 Å². The maximum Gasteiger partial charge on any atom is 0.419 e. The van der Waals surface area contributed by atoms with E-state index < -0.39 is 34.5 Å². The third-order valence-corrected chi connectivity index (χ3v) is 3.93. The Balaban J connectivity index is 2.66. The van der Waals surface area contributed by atoms with Crippen LogP contribution in [0.5, 0.6) is 0 Å². The number of carboxylic acid groups (broad SMARTS) is 1. The van der Waals surface area contributed by atoms with Gasteiger partial charge in [0.15, 0.2) is 0 Å². The normalized spacial score (nSPS) is 18.8. The molecule has 0 heterocycles. The summed E-state index contributed by atoms with van der Waals surface area (Å²) in [5, 5.41) is 9.43. The SMILES string of the molecule is O=C(O)C1(c2cccc(F)c2C(F)(F)F)CCCCC1. The third kappa shape index (κ3) is 2.39. The van der Waals surface area contributed by atoms with Gasteiger partial charge in [0, 0.05) is 0 Å². The quantitative estimate of drug-likeness (QED) is 0.831. The maximum absolute atomic E-state index is 13.6. The van der Waals surface area contributed by atoms with Gasteiger partial charge in [0.2, 0.25) is 0 Å². The largest absolute Gasteiger partial charge is 0.481 e. The molecule has 0 amide bonds. The number of hydrogen-bond donors (Lipinski definition) is 1. The van der Waals surface area contributed by atoms with Crippen LogP contribution in [-0.4, -0.2) is 11.1 Å². The Labute approximate surface area is 113 Å². The molecule has 110 valence electrons. The average molecular weight is 290 g/mol. The molecule has 0 spiro atoms. The molecule has 0 aliphatic heterocycles. The summed E-state index contributed by atoms with van der Waals surface area (Å²) in [4.78, 5) is 11.6. The Morgan fingerprint density at radius 3 is 2.25 bits per heavy atom. The number of carbonyl (C=O) groups is 1. The number of aliphatic carboxylic acids is 1. The Bertz CT molecular complexity index is 516. The van der Waals surface area contributed by atoms with E-state index in [4.69, 9.17) is 0 Å². The van der Waals surface area contributed by atoms with Gasteiger partial charge in [-0.05, 0) is 24.5 Å².